The van der Waals surface area contributed by atoms with E-state index in [4.69, 9.17) is 0 Å². The lowest BCUT2D eigenvalue weighted by Gasteiger charge is -2.08. The second-order valence-corrected chi connectivity index (χ2v) is 3.31. The normalized spacial score (nSPS) is 12.8. The summed E-state index contributed by atoms with van der Waals surface area (Å²) in [5.74, 6) is 0. The van der Waals surface area contributed by atoms with E-state index in [0.717, 1.165) is 18.7 Å². The van der Waals surface area contributed by atoms with Gasteiger partial charge in [0.25, 0.3) is 0 Å². The average Bonchev–Trinajstić information content (AvgIpc) is 2.53. The Morgan fingerprint density at radius 1 is 1.83 bits per heavy atom. The Labute approximate surface area is 76.7 Å². The number of hydrogen-bond donors (Lipinski definition) is 1. The standard InChI is InChI=1S/C8H13N3S/c1-3-4-7(2)9-5-8-6-12-11-10-8/h3,6-7,9H,1,4-5H2,2H3. The SMILES string of the molecule is C=CCC(C)NCc1csnn1. The largest absolute Gasteiger partial charge is 0.308 e. The van der Waals surface area contributed by atoms with Gasteiger partial charge in [-0.25, -0.2) is 0 Å². The summed E-state index contributed by atoms with van der Waals surface area (Å²) in [4.78, 5) is 0. The molecule has 1 heterocycles. The van der Waals surface area contributed by atoms with Crippen molar-refractivity contribution in [2.24, 2.45) is 0 Å². The molecule has 0 amide bonds. The van der Waals surface area contributed by atoms with Gasteiger partial charge >= 0.3 is 0 Å². The molecule has 66 valence electrons. The topological polar surface area (TPSA) is 37.8 Å². The van der Waals surface area contributed by atoms with Gasteiger partial charge in [-0.2, -0.15) is 0 Å². The Kier molecular flexibility index (Phi) is 3.90. The first-order valence-corrected chi connectivity index (χ1v) is 4.76. The molecule has 0 aliphatic heterocycles. The fourth-order valence-electron chi connectivity index (χ4n) is 0.873. The van der Waals surface area contributed by atoms with Crippen LogP contribution in [0.25, 0.3) is 0 Å². The van der Waals surface area contributed by atoms with E-state index in [0.29, 0.717) is 6.04 Å². The van der Waals surface area contributed by atoms with Crippen LogP contribution in [-0.4, -0.2) is 15.6 Å². The molecule has 0 saturated heterocycles. The third kappa shape index (κ3) is 3.11. The Morgan fingerprint density at radius 2 is 2.67 bits per heavy atom. The van der Waals surface area contributed by atoms with Crippen molar-refractivity contribution in [1.29, 1.82) is 0 Å². The van der Waals surface area contributed by atoms with Gasteiger partial charge in [0, 0.05) is 18.0 Å². The minimum Gasteiger partial charge on any atom is -0.308 e. The van der Waals surface area contributed by atoms with E-state index in [9.17, 15) is 0 Å². The van der Waals surface area contributed by atoms with E-state index in [1.165, 1.54) is 11.5 Å². The highest BCUT2D eigenvalue weighted by molar-refractivity contribution is 7.03. The zero-order chi connectivity index (χ0) is 8.81. The molecule has 1 aromatic rings. The van der Waals surface area contributed by atoms with Gasteiger partial charge < -0.3 is 5.32 Å². The molecule has 0 spiro atoms. The van der Waals surface area contributed by atoms with Crippen LogP contribution in [0.4, 0.5) is 0 Å². The molecule has 1 aromatic heterocycles. The summed E-state index contributed by atoms with van der Waals surface area (Å²) in [5, 5.41) is 9.20. The van der Waals surface area contributed by atoms with E-state index >= 15 is 0 Å². The van der Waals surface area contributed by atoms with Crippen LogP contribution in [0.5, 0.6) is 0 Å². The maximum atomic E-state index is 3.93. The second kappa shape index (κ2) is 5.00. The van der Waals surface area contributed by atoms with Crippen LogP contribution in [-0.2, 0) is 6.54 Å². The lowest BCUT2D eigenvalue weighted by atomic mass is 10.2. The summed E-state index contributed by atoms with van der Waals surface area (Å²) < 4.78 is 3.78. The quantitative estimate of drug-likeness (QED) is 0.704. The van der Waals surface area contributed by atoms with Crippen molar-refractivity contribution >= 4 is 11.5 Å². The van der Waals surface area contributed by atoms with Crippen LogP contribution >= 0.6 is 11.5 Å². The number of nitrogens with zero attached hydrogens (tertiary/aromatic N) is 2. The summed E-state index contributed by atoms with van der Waals surface area (Å²) in [6.07, 6.45) is 2.90. The fraction of sp³-hybridized carbons (Fsp3) is 0.500. The van der Waals surface area contributed by atoms with Gasteiger partial charge in [-0.1, -0.05) is 10.6 Å². The van der Waals surface area contributed by atoms with Crippen LogP contribution < -0.4 is 5.32 Å². The zero-order valence-corrected chi connectivity index (χ0v) is 7.97. The average molecular weight is 183 g/mol. The molecule has 3 nitrogen and oxygen atoms in total. The Morgan fingerprint density at radius 3 is 3.25 bits per heavy atom. The second-order valence-electron chi connectivity index (χ2n) is 2.70. The van der Waals surface area contributed by atoms with Crippen LogP contribution in [0, 0.1) is 0 Å². The molecule has 4 heteroatoms. The van der Waals surface area contributed by atoms with Gasteiger partial charge in [0.05, 0.1) is 5.69 Å². The predicted molar refractivity (Wildman–Crippen MR) is 51.0 cm³/mol. The first kappa shape index (κ1) is 9.35. The Balaban J connectivity index is 2.21. The van der Waals surface area contributed by atoms with Gasteiger partial charge in [0.2, 0.25) is 0 Å². The minimum absolute atomic E-state index is 0.462. The molecule has 0 aliphatic rings. The number of nitrogens with one attached hydrogen (secondary N) is 1. The van der Waals surface area contributed by atoms with E-state index in [1.807, 2.05) is 11.5 Å². The van der Waals surface area contributed by atoms with Crippen LogP contribution in [0.15, 0.2) is 18.0 Å². The third-order valence-corrected chi connectivity index (χ3v) is 2.11. The Hall–Kier alpha value is -0.740. The predicted octanol–water partition coefficient (Wildman–Crippen LogP) is 1.59. The number of aromatic nitrogens is 2. The van der Waals surface area contributed by atoms with Crippen LogP contribution in [0.3, 0.4) is 0 Å². The molecule has 1 N–H and O–H groups in total. The van der Waals surface area contributed by atoms with E-state index in [1.54, 1.807) is 0 Å². The molecule has 12 heavy (non-hydrogen) atoms. The summed E-state index contributed by atoms with van der Waals surface area (Å²) in [6, 6.07) is 0.462. The molecular weight excluding hydrogens is 170 g/mol. The summed E-state index contributed by atoms with van der Waals surface area (Å²) in [6.45, 7) is 6.60. The molecule has 0 aromatic carbocycles. The molecule has 0 saturated carbocycles. The van der Waals surface area contributed by atoms with Crippen molar-refractivity contribution in [2.45, 2.75) is 25.9 Å². The highest BCUT2D eigenvalue weighted by atomic mass is 32.1. The van der Waals surface area contributed by atoms with Crippen molar-refractivity contribution in [3.05, 3.63) is 23.7 Å². The maximum absolute atomic E-state index is 3.93. The van der Waals surface area contributed by atoms with E-state index in [-0.39, 0.29) is 0 Å². The molecule has 0 aliphatic carbocycles. The summed E-state index contributed by atoms with van der Waals surface area (Å²) >= 11 is 1.38. The summed E-state index contributed by atoms with van der Waals surface area (Å²) in [5.41, 5.74) is 1.01. The van der Waals surface area contributed by atoms with Gasteiger partial charge in [0.1, 0.15) is 0 Å². The lowest BCUT2D eigenvalue weighted by Crippen LogP contribution is -2.24. The highest BCUT2D eigenvalue weighted by Gasteiger charge is 1.99. The number of rotatable bonds is 5. The zero-order valence-electron chi connectivity index (χ0n) is 7.16. The summed E-state index contributed by atoms with van der Waals surface area (Å²) in [7, 11) is 0. The van der Waals surface area contributed by atoms with Crippen molar-refractivity contribution in [3.63, 3.8) is 0 Å². The maximum Gasteiger partial charge on any atom is 0.0893 e. The lowest BCUT2D eigenvalue weighted by molar-refractivity contribution is 0.547. The van der Waals surface area contributed by atoms with Gasteiger partial charge in [-0.15, -0.1) is 11.7 Å². The molecule has 1 rings (SSSR count). The molecule has 0 radical (unpaired) electrons. The fourth-order valence-corrected chi connectivity index (χ4v) is 1.32. The highest BCUT2D eigenvalue weighted by Crippen LogP contribution is 1.98. The Bertz CT molecular complexity index is 220. The number of hydrogen-bond acceptors (Lipinski definition) is 4. The van der Waals surface area contributed by atoms with Crippen molar-refractivity contribution < 1.29 is 0 Å². The molecular formula is C8H13N3S. The van der Waals surface area contributed by atoms with Crippen LogP contribution in [0.2, 0.25) is 0 Å². The molecule has 0 bridgehead atoms. The minimum atomic E-state index is 0.462. The van der Waals surface area contributed by atoms with E-state index in [2.05, 4.69) is 28.4 Å². The van der Waals surface area contributed by atoms with Crippen molar-refractivity contribution in [1.82, 2.24) is 14.9 Å². The van der Waals surface area contributed by atoms with Gasteiger partial charge in [0.15, 0.2) is 0 Å². The first-order chi connectivity index (χ1) is 5.83. The van der Waals surface area contributed by atoms with E-state index < -0.39 is 0 Å². The van der Waals surface area contributed by atoms with Gasteiger partial charge in [-0.3, -0.25) is 0 Å². The third-order valence-electron chi connectivity index (χ3n) is 1.56. The monoisotopic (exact) mass is 183 g/mol. The molecule has 1 unspecified atom stereocenters. The van der Waals surface area contributed by atoms with Crippen molar-refractivity contribution in [3.8, 4) is 0 Å². The van der Waals surface area contributed by atoms with Crippen molar-refractivity contribution in [2.75, 3.05) is 0 Å². The first-order valence-electron chi connectivity index (χ1n) is 3.93. The van der Waals surface area contributed by atoms with Gasteiger partial charge in [-0.05, 0) is 24.9 Å². The molecule has 1 atom stereocenters. The molecule has 0 fully saturated rings. The smallest absolute Gasteiger partial charge is 0.0893 e. The van der Waals surface area contributed by atoms with Crippen LogP contribution in [0.1, 0.15) is 19.0 Å².